The zero-order chi connectivity index (χ0) is 13.0. The molecule has 0 saturated carbocycles. The second kappa shape index (κ2) is 5.92. The molecule has 5 nitrogen and oxygen atoms in total. The Bertz CT molecular complexity index is 562. The van der Waals surface area contributed by atoms with Crippen LogP contribution in [-0.4, -0.2) is 17.1 Å². The summed E-state index contributed by atoms with van der Waals surface area (Å²) in [5, 5.41) is 3.78. The molecule has 0 spiro atoms. The molecular weight excluding hydrogens is 366 g/mol. The monoisotopic (exact) mass is 371 g/mol. The summed E-state index contributed by atoms with van der Waals surface area (Å²) in [4.78, 5) is 15.4. The molecule has 7 heteroatoms. The molecule has 0 aromatic carbocycles. The van der Waals surface area contributed by atoms with Crippen molar-refractivity contribution in [3.05, 3.63) is 51.1 Å². The summed E-state index contributed by atoms with van der Waals surface area (Å²) >= 11 is 6.48. The molecule has 2 rings (SSSR count). The number of hydrogen-bond acceptors (Lipinski definition) is 4. The third kappa shape index (κ3) is 3.27. The van der Waals surface area contributed by atoms with Gasteiger partial charge in [-0.3, -0.25) is 9.78 Å². The first-order valence-corrected chi connectivity index (χ1v) is 6.43. The molecule has 0 aliphatic heterocycles. The molecule has 2 aromatic rings. The number of furan rings is 1. The topological polar surface area (TPSA) is 67.5 Å². The summed E-state index contributed by atoms with van der Waals surface area (Å²) < 4.78 is 6.61. The van der Waals surface area contributed by atoms with E-state index in [-0.39, 0.29) is 5.91 Å². The third-order valence-corrected chi connectivity index (χ3v) is 3.66. The van der Waals surface area contributed by atoms with E-state index in [9.17, 15) is 4.79 Å². The van der Waals surface area contributed by atoms with E-state index in [4.69, 9.17) is 4.42 Å². The number of pyridine rings is 1. The lowest BCUT2D eigenvalue weighted by molar-refractivity contribution is 0.0955. The van der Waals surface area contributed by atoms with Gasteiger partial charge in [0, 0.05) is 18.5 Å². The van der Waals surface area contributed by atoms with E-state index in [0.717, 1.165) is 4.47 Å². The summed E-state index contributed by atoms with van der Waals surface area (Å²) in [7, 11) is 0. The molecule has 2 aromatic heterocycles. The van der Waals surface area contributed by atoms with Crippen LogP contribution < -0.4 is 5.43 Å². The van der Waals surface area contributed by atoms with Crippen LogP contribution in [0.3, 0.4) is 0 Å². The van der Waals surface area contributed by atoms with Crippen molar-refractivity contribution in [2.24, 2.45) is 5.10 Å². The van der Waals surface area contributed by atoms with E-state index < -0.39 is 0 Å². The second-order valence-electron chi connectivity index (χ2n) is 3.21. The minimum atomic E-state index is -0.330. The van der Waals surface area contributed by atoms with E-state index in [1.165, 1.54) is 12.4 Å². The van der Waals surface area contributed by atoms with Crippen LogP contribution in [0.15, 0.2) is 49.3 Å². The van der Waals surface area contributed by atoms with Crippen LogP contribution in [0.5, 0.6) is 0 Å². The van der Waals surface area contributed by atoms with Crippen molar-refractivity contribution in [2.45, 2.75) is 0 Å². The predicted octanol–water partition coefficient (Wildman–Crippen LogP) is 2.96. The lowest BCUT2D eigenvalue weighted by Crippen LogP contribution is -2.17. The van der Waals surface area contributed by atoms with Crippen molar-refractivity contribution in [3.8, 4) is 0 Å². The maximum atomic E-state index is 11.6. The number of carbonyl (C=O) groups excluding carboxylic acids is 1. The van der Waals surface area contributed by atoms with Crippen molar-refractivity contribution in [2.75, 3.05) is 0 Å². The number of halogens is 2. The standard InChI is InChI=1S/C11H7Br2N3O2/c12-9-4-8(18-10(9)13)6-15-16-11(17)7-2-1-3-14-5-7/h1-6H,(H,16,17)/b15-6+. The van der Waals surface area contributed by atoms with Crippen molar-refractivity contribution in [3.63, 3.8) is 0 Å². The van der Waals surface area contributed by atoms with Crippen LogP contribution in [0.1, 0.15) is 16.1 Å². The molecule has 1 amide bonds. The van der Waals surface area contributed by atoms with Crippen molar-refractivity contribution < 1.29 is 9.21 Å². The van der Waals surface area contributed by atoms with Gasteiger partial charge in [-0.2, -0.15) is 5.10 Å². The fourth-order valence-corrected chi connectivity index (χ4v) is 1.75. The molecule has 2 heterocycles. The predicted molar refractivity (Wildman–Crippen MR) is 73.4 cm³/mol. The highest BCUT2D eigenvalue weighted by Gasteiger charge is 2.05. The smallest absolute Gasteiger partial charge is 0.272 e. The number of nitrogens with zero attached hydrogens (tertiary/aromatic N) is 2. The van der Waals surface area contributed by atoms with Gasteiger partial charge in [0.1, 0.15) is 5.76 Å². The van der Waals surface area contributed by atoms with Gasteiger partial charge in [0.25, 0.3) is 5.91 Å². The molecule has 18 heavy (non-hydrogen) atoms. The Labute approximate surface area is 120 Å². The Balaban J connectivity index is 1.98. The van der Waals surface area contributed by atoms with Gasteiger partial charge in [-0.15, -0.1) is 0 Å². The molecule has 0 fully saturated rings. The third-order valence-electron chi connectivity index (χ3n) is 1.95. The highest BCUT2D eigenvalue weighted by atomic mass is 79.9. The minimum Gasteiger partial charge on any atom is -0.447 e. The molecule has 1 N–H and O–H groups in total. The summed E-state index contributed by atoms with van der Waals surface area (Å²) in [6, 6.07) is 5.06. The quantitative estimate of drug-likeness (QED) is 0.665. The Morgan fingerprint density at radius 2 is 2.33 bits per heavy atom. The number of amides is 1. The van der Waals surface area contributed by atoms with Crippen molar-refractivity contribution >= 4 is 44.0 Å². The first-order chi connectivity index (χ1) is 8.66. The number of carbonyl (C=O) groups is 1. The second-order valence-corrected chi connectivity index (χ2v) is 4.79. The summed E-state index contributed by atoms with van der Waals surface area (Å²) in [5.74, 6) is 0.185. The first-order valence-electron chi connectivity index (χ1n) is 4.85. The first kappa shape index (κ1) is 13.0. The largest absolute Gasteiger partial charge is 0.447 e. The minimum absolute atomic E-state index is 0.330. The Morgan fingerprint density at radius 1 is 1.50 bits per heavy atom. The molecule has 0 bridgehead atoms. The van der Waals surface area contributed by atoms with E-state index in [1.807, 2.05) is 0 Å². The van der Waals surface area contributed by atoms with Crippen LogP contribution in [0.25, 0.3) is 0 Å². The number of rotatable bonds is 3. The van der Waals surface area contributed by atoms with Crippen LogP contribution in [0.2, 0.25) is 0 Å². The summed E-state index contributed by atoms with van der Waals surface area (Å²) in [6.07, 6.45) is 4.46. The van der Waals surface area contributed by atoms with E-state index >= 15 is 0 Å². The molecule has 0 aliphatic rings. The number of nitrogens with one attached hydrogen (secondary N) is 1. The number of hydrazone groups is 1. The highest BCUT2D eigenvalue weighted by molar-refractivity contribution is 9.13. The van der Waals surface area contributed by atoms with Gasteiger partial charge >= 0.3 is 0 Å². The van der Waals surface area contributed by atoms with Crippen molar-refractivity contribution in [1.82, 2.24) is 10.4 Å². The maximum absolute atomic E-state index is 11.6. The van der Waals surface area contributed by atoms with Gasteiger partial charge < -0.3 is 4.42 Å². The van der Waals surface area contributed by atoms with Crippen molar-refractivity contribution in [1.29, 1.82) is 0 Å². The van der Waals surface area contributed by atoms with Gasteiger partial charge in [0.05, 0.1) is 16.3 Å². The lowest BCUT2D eigenvalue weighted by Gasteiger charge is -1.97. The average molecular weight is 373 g/mol. The zero-order valence-electron chi connectivity index (χ0n) is 8.93. The molecule has 0 aliphatic carbocycles. The fraction of sp³-hybridized carbons (Fsp3) is 0. The highest BCUT2D eigenvalue weighted by Crippen LogP contribution is 2.25. The Hall–Kier alpha value is -1.47. The molecule has 0 saturated heterocycles. The van der Waals surface area contributed by atoms with E-state index in [0.29, 0.717) is 16.0 Å². The Morgan fingerprint density at radius 3 is 2.94 bits per heavy atom. The maximum Gasteiger partial charge on any atom is 0.272 e. The Kier molecular flexibility index (Phi) is 4.27. The van der Waals surface area contributed by atoms with Crippen LogP contribution in [0.4, 0.5) is 0 Å². The molecule has 0 unspecified atom stereocenters. The van der Waals surface area contributed by atoms with Crippen LogP contribution >= 0.6 is 31.9 Å². The van der Waals surface area contributed by atoms with Crippen LogP contribution in [-0.2, 0) is 0 Å². The number of aromatic nitrogens is 1. The van der Waals surface area contributed by atoms with E-state index in [1.54, 1.807) is 24.4 Å². The van der Waals surface area contributed by atoms with Gasteiger partial charge in [-0.05, 0) is 44.0 Å². The van der Waals surface area contributed by atoms with Crippen LogP contribution in [0, 0.1) is 0 Å². The molecule has 92 valence electrons. The fourth-order valence-electron chi connectivity index (χ4n) is 1.14. The van der Waals surface area contributed by atoms with E-state index in [2.05, 4.69) is 47.4 Å². The summed E-state index contributed by atoms with van der Waals surface area (Å²) in [6.45, 7) is 0. The van der Waals surface area contributed by atoms with Gasteiger partial charge in [0.2, 0.25) is 0 Å². The number of hydrogen-bond donors (Lipinski definition) is 1. The zero-order valence-corrected chi connectivity index (χ0v) is 12.1. The SMILES string of the molecule is O=C(N/N=C/c1cc(Br)c(Br)o1)c1cccnc1. The normalized spacial score (nSPS) is 10.8. The molecule has 0 radical (unpaired) electrons. The van der Waals surface area contributed by atoms with Gasteiger partial charge in [0.15, 0.2) is 4.67 Å². The van der Waals surface area contributed by atoms with Gasteiger partial charge in [-0.25, -0.2) is 5.43 Å². The molecular formula is C11H7Br2N3O2. The molecule has 0 atom stereocenters. The lowest BCUT2D eigenvalue weighted by atomic mass is 10.3. The summed E-state index contributed by atoms with van der Waals surface area (Å²) in [5.41, 5.74) is 2.82. The average Bonchev–Trinajstić information content (AvgIpc) is 2.69. The van der Waals surface area contributed by atoms with Gasteiger partial charge in [-0.1, -0.05) is 0 Å².